The summed E-state index contributed by atoms with van der Waals surface area (Å²) in [6.07, 6.45) is 0. The van der Waals surface area contributed by atoms with E-state index in [4.69, 9.17) is 39.8 Å². The minimum Gasteiger partial charge on any atom is -0.268 e. The number of rotatable bonds is 4. The largest absolute Gasteiger partial charge is 0.268 e. The van der Waals surface area contributed by atoms with Crippen LogP contribution in [-0.4, -0.2) is 9.55 Å². The van der Waals surface area contributed by atoms with Crippen LogP contribution in [0.1, 0.15) is 5.56 Å². The first-order chi connectivity index (χ1) is 13.5. The van der Waals surface area contributed by atoms with Crippen LogP contribution in [0.2, 0.25) is 15.1 Å². The molecule has 0 radical (unpaired) electrons. The SMILES string of the molecule is O=c1c2ccc(Cl)cc2nc(SCc2ccccc2)n1-c1ccc(Cl)c(Cl)c1. The lowest BCUT2D eigenvalue weighted by Gasteiger charge is -2.14. The molecule has 0 bridgehead atoms. The molecule has 0 aliphatic carbocycles. The van der Waals surface area contributed by atoms with Gasteiger partial charge < -0.3 is 0 Å². The Hall–Kier alpha value is -1.98. The summed E-state index contributed by atoms with van der Waals surface area (Å²) in [7, 11) is 0. The van der Waals surface area contributed by atoms with Gasteiger partial charge >= 0.3 is 0 Å². The normalized spacial score (nSPS) is 11.1. The van der Waals surface area contributed by atoms with E-state index in [1.54, 1.807) is 41.0 Å². The maximum atomic E-state index is 13.3. The van der Waals surface area contributed by atoms with Crippen molar-refractivity contribution in [3.63, 3.8) is 0 Å². The monoisotopic (exact) mass is 446 g/mol. The summed E-state index contributed by atoms with van der Waals surface area (Å²) in [6.45, 7) is 0. The third-order valence-corrected chi connectivity index (χ3v) is 6.16. The van der Waals surface area contributed by atoms with Crippen LogP contribution in [0.3, 0.4) is 0 Å². The van der Waals surface area contributed by atoms with Gasteiger partial charge in [-0.2, -0.15) is 0 Å². The predicted octanol–water partition coefficient (Wildman–Crippen LogP) is 6.64. The van der Waals surface area contributed by atoms with Gasteiger partial charge in [-0.15, -0.1) is 0 Å². The van der Waals surface area contributed by atoms with E-state index in [0.717, 1.165) is 5.56 Å². The summed E-state index contributed by atoms with van der Waals surface area (Å²) >= 11 is 19.8. The van der Waals surface area contributed by atoms with E-state index in [1.165, 1.54) is 11.8 Å². The summed E-state index contributed by atoms with van der Waals surface area (Å²) in [5.74, 6) is 0.667. The first-order valence-electron chi connectivity index (χ1n) is 8.37. The van der Waals surface area contributed by atoms with E-state index in [-0.39, 0.29) is 5.56 Å². The van der Waals surface area contributed by atoms with Crippen LogP contribution in [0.4, 0.5) is 0 Å². The standard InChI is InChI=1S/C21H13Cl3N2OS/c22-14-6-8-16-19(10-14)25-21(28-12-13-4-2-1-3-5-13)26(20(16)27)15-7-9-17(23)18(24)11-15/h1-11H,12H2. The number of halogens is 3. The van der Waals surface area contributed by atoms with Gasteiger partial charge in [0.25, 0.3) is 5.56 Å². The van der Waals surface area contributed by atoms with Crippen molar-refractivity contribution in [1.29, 1.82) is 0 Å². The number of fused-ring (bicyclic) bond motifs is 1. The Morgan fingerprint density at radius 2 is 1.68 bits per heavy atom. The minimum absolute atomic E-state index is 0.185. The Kier molecular flexibility index (Phi) is 5.65. The fraction of sp³-hybridized carbons (Fsp3) is 0.0476. The van der Waals surface area contributed by atoms with E-state index in [0.29, 0.717) is 42.6 Å². The molecule has 0 saturated heterocycles. The molecule has 0 unspecified atom stereocenters. The molecule has 1 heterocycles. The lowest BCUT2D eigenvalue weighted by Crippen LogP contribution is -2.21. The fourth-order valence-electron chi connectivity index (χ4n) is 2.81. The molecular formula is C21H13Cl3N2OS. The average Bonchev–Trinajstić information content (AvgIpc) is 2.69. The Balaban J connectivity index is 1.89. The molecule has 28 heavy (non-hydrogen) atoms. The zero-order chi connectivity index (χ0) is 19.7. The first kappa shape index (κ1) is 19.3. The third-order valence-electron chi connectivity index (χ3n) is 4.17. The van der Waals surface area contributed by atoms with Crippen molar-refractivity contribution in [2.24, 2.45) is 0 Å². The van der Waals surface area contributed by atoms with Crippen molar-refractivity contribution in [2.45, 2.75) is 10.9 Å². The zero-order valence-corrected chi connectivity index (χ0v) is 17.5. The van der Waals surface area contributed by atoms with Crippen molar-refractivity contribution >= 4 is 57.5 Å². The second-order valence-electron chi connectivity index (χ2n) is 6.07. The molecule has 0 saturated carbocycles. The molecule has 0 fully saturated rings. The highest BCUT2D eigenvalue weighted by Crippen LogP contribution is 2.29. The van der Waals surface area contributed by atoms with Crippen LogP contribution >= 0.6 is 46.6 Å². The fourth-order valence-corrected chi connectivity index (χ4v) is 4.24. The summed E-state index contributed by atoms with van der Waals surface area (Å²) in [5, 5.41) is 2.38. The summed E-state index contributed by atoms with van der Waals surface area (Å²) in [4.78, 5) is 18.0. The quantitative estimate of drug-likeness (QED) is 0.260. The molecule has 3 aromatic carbocycles. The molecule has 0 atom stereocenters. The van der Waals surface area contributed by atoms with Crippen LogP contribution in [-0.2, 0) is 5.75 Å². The van der Waals surface area contributed by atoms with Gasteiger partial charge in [0, 0.05) is 10.8 Å². The predicted molar refractivity (Wildman–Crippen MR) is 118 cm³/mol. The van der Waals surface area contributed by atoms with E-state index in [9.17, 15) is 4.79 Å². The summed E-state index contributed by atoms with van der Waals surface area (Å²) in [6, 6.07) is 20.2. The smallest absolute Gasteiger partial charge is 0.266 e. The highest BCUT2D eigenvalue weighted by atomic mass is 35.5. The van der Waals surface area contributed by atoms with E-state index >= 15 is 0 Å². The van der Waals surface area contributed by atoms with Crippen LogP contribution in [0.25, 0.3) is 16.6 Å². The summed E-state index contributed by atoms with van der Waals surface area (Å²) < 4.78 is 1.56. The van der Waals surface area contributed by atoms with E-state index < -0.39 is 0 Å². The topological polar surface area (TPSA) is 34.9 Å². The molecule has 0 N–H and O–H groups in total. The molecule has 0 aliphatic heterocycles. The Bertz CT molecular complexity index is 1230. The van der Waals surface area contributed by atoms with Gasteiger partial charge in [-0.25, -0.2) is 4.98 Å². The van der Waals surface area contributed by atoms with Gasteiger partial charge in [0.05, 0.1) is 26.6 Å². The molecule has 4 rings (SSSR count). The number of hydrogen-bond acceptors (Lipinski definition) is 3. The van der Waals surface area contributed by atoms with Gasteiger partial charge in [-0.05, 0) is 42.0 Å². The van der Waals surface area contributed by atoms with Crippen molar-refractivity contribution in [2.75, 3.05) is 0 Å². The van der Waals surface area contributed by atoms with Crippen LogP contribution in [0.15, 0.2) is 76.7 Å². The lowest BCUT2D eigenvalue weighted by molar-refractivity contribution is 0.819. The number of nitrogens with zero attached hydrogens (tertiary/aromatic N) is 2. The Morgan fingerprint density at radius 1 is 0.893 bits per heavy atom. The molecule has 1 aromatic heterocycles. The number of aromatic nitrogens is 2. The molecule has 7 heteroatoms. The van der Waals surface area contributed by atoms with Crippen LogP contribution in [0, 0.1) is 0 Å². The van der Waals surface area contributed by atoms with Gasteiger partial charge in [-0.1, -0.05) is 76.9 Å². The maximum absolute atomic E-state index is 13.3. The highest BCUT2D eigenvalue weighted by Gasteiger charge is 2.15. The lowest BCUT2D eigenvalue weighted by atomic mass is 10.2. The van der Waals surface area contributed by atoms with Crippen LogP contribution < -0.4 is 5.56 Å². The molecule has 0 amide bonds. The maximum Gasteiger partial charge on any atom is 0.266 e. The first-order valence-corrected chi connectivity index (χ1v) is 10.5. The molecule has 0 spiro atoms. The van der Waals surface area contributed by atoms with Gasteiger partial charge in [0.1, 0.15) is 0 Å². The molecular weight excluding hydrogens is 435 g/mol. The zero-order valence-electron chi connectivity index (χ0n) is 14.4. The van der Waals surface area contributed by atoms with Crippen LogP contribution in [0.5, 0.6) is 0 Å². The summed E-state index contributed by atoms with van der Waals surface area (Å²) in [5.41, 5.74) is 2.12. The second kappa shape index (κ2) is 8.18. The van der Waals surface area contributed by atoms with Gasteiger partial charge in [0.15, 0.2) is 5.16 Å². The number of benzene rings is 3. The molecule has 140 valence electrons. The van der Waals surface area contributed by atoms with E-state index in [2.05, 4.69) is 0 Å². The van der Waals surface area contributed by atoms with Crippen molar-refractivity contribution in [1.82, 2.24) is 9.55 Å². The van der Waals surface area contributed by atoms with Gasteiger partial charge in [0.2, 0.25) is 0 Å². The third kappa shape index (κ3) is 3.91. The van der Waals surface area contributed by atoms with Gasteiger partial charge in [-0.3, -0.25) is 9.36 Å². The minimum atomic E-state index is -0.185. The van der Waals surface area contributed by atoms with Crippen molar-refractivity contribution < 1.29 is 0 Å². The van der Waals surface area contributed by atoms with Crippen molar-refractivity contribution in [3.8, 4) is 5.69 Å². The Morgan fingerprint density at radius 3 is 2.43 bits per heavy atom. The molecule has 4 aromatic rings. The molecule has 0 aliphatic rings. The van der Waals surface area contributed by atoms with E-state index in [1.807, 2.05) is 30.3 Å². The second-order valence-corrected chi connectivity index (χ2v) is 8.26. The number of hydrogen-bond donors (Lipinski definition) is 0. The number of thioether (sulfide) groups is 1. The Labute approximate surface area is 180 Å². The molecule has 3 nitrogen and oxygen atoms in total. The highest BCUT2D eigenvalue weighted by molar-refractivity contribution is 7.98. The average molecular weight is 448 g/mol. The van der Waals surface area contributed by atoms with Crippen molar-refractivity contribution in [3.05, 3.63) is 97.7 Å².